The average Bonchev–Trinajstić information content (AvgIpc) is 2.70. The molecule has 0 radical (unpaired) electrons. The van der Waals surface area contributed by atoms with Gasteiger partial charge in [-0.05, 0) is 18.2 Å². The van der Waals surface area contributed by atoms with E-state index >= 15 is 0 Å². The third kappa shape index (κ3) is 3.72. The first-order chi connectivity index (χ1) is 9.77. The largest absolute Gasteiger partial charge is 0.481 e. The van der Waals surface area contributed by atoms with Crippen molar-refractivity contribution in [1.82, 2.24) is 4.57 Å². The van der Waals surface area contributed by atoms with Crippen LogP contribution in [0.25, 0.3) is 0 Å². The van der Waals surface area contributed by atoms with Gasteiger partial charge in [0.25, 0.3) is 0 Å². The van der Waals surface area contributed by atoms with Crippen molar-refractivity contribution in [3.63, 3.8) is 0 Å². The maximum atomic E-state index is 12.6. The SMILES string of the molecule is Cn1c(CC(=O)O)csc1=Nc1cccc(C(F)(F)F)c1. The second kappa shape index (κ2) is 5.72. The molecule has 0 aliphatic carbocycles. The van der Waals surface area contributed by atoms with E-state index in [9.17, 15) is 18.0 Å². The molecule has 0 atom stereocenters. The Morgan fingerprint density at radius 3 is 2.76 bits per heavy atom. The number of halogens is 3. The molecule has 2 rings (SSSR count). The molecule has 0 bridgehead atoms. The molecule has 4 nitrogen and oxygen atoms in total. The first kappa shape index (κ1) is 15.3. The predicted molar refractivity (Wildman–Crippen MR) is 71.3 cm³/mol. The standard InChI is InChI=1S/C13H11F3N2O2S/c1-18-10(6-11(19)20)7-21-12(18)17-9-4-2-3-8(5-9)13(14,15)16/h2-5,7H,6H2,1H3,(H,19,20). The van der Waals surface area contributed by atoms with E-state index in [-0.39, 0.29) is 12.1 Å². The number of hydrogen-bond acceptors (Lipinski definition) is 3. The van der Waals surface area contributed by atoms with E-state index in [4.69, 9.17) is 5.11 Å². The topological polar surface area (TPSA) is 54.6 Å². The van der Waals surface area contributed by atoms with Crippen molar-refractivity contribution in [2.75, 3.05) is 0 Å². The minimum atomic E-state index is -4.42. The first-order valence-electron chi connectivity index (χ1n) is 5.84. The fourth-order valence-electron chi connectivity index (χ4n) is 1.68. The molecule has 21 heavy (non-hydrogen) atoms. The second-order valence-electron chi connectivity index (χ2n) is 4.30. The quantitative estimate of drug-likeness (QED) is 0.946. The maximum Gasteiger partial charge on any atom is 0.416 e. The Kier molecular flexibility index (Phi) is 4.17. The van der Waals surface area contributed by atoms with Crippen molar-refractivity contribution in [2.45, 2.75) is 12.6 Å². The van der Waals surface area contributed by atoms with Crippen LogP contribution in [0.2, 0.25) is 0 Å². The summed E-state index contributed by atoms with van der Waals surface area (Å²) in [4.78, 5) is 15.2. The zero-order chi connectivity index (χ0) is 15.6. The molecule has 0 fully saturated rings. The number of benzene rings is 1. The molecule has 0 unspecified atom stereocenters. The highest BCUT2D eigenvalue weighted by Gasteiger charge is 2.30. The fraction of sp³-hybridized carbons (Fsp3) is 0.231. The van der Waals surface area contributed by atoms with Gasteiger partial charge in [0, 0.05) is 18.1 Å². The molecule has 1 aromatic heterocycles. The van der Waals surface area contributed by atoms with Crippen LogP contribution in [-0.4, -0.2) is 15.6 Å². The zero-order valence-electron chi connectivity index (χ0n) is 10.9. The summed E-state index contributed by atoms with van der Waals surface area (Å²) in [7, 11) is 1.63. The van der Waals surface area contributed by atoms with Crippen molar-refractivity contribution in [1.29, 1.82) is 0 Å². The molecule has 2 aromatic rings. The molecule has 0 aliphatic rings. The van der Waals surface area contributed by atoms with Crippen molar-refractivity contribution in [2.24, 2.45) is 12.0 Å². The van der Waals surface area contributed by atoms with E-state index in [1.54, 1.807) is 17.0 Å². The molecule has 1 heterocycles. The summed E-state index contributed by atoms with van der Waals surface area (Å²) < 4.78 is 39.4. The van der Waals surface area contributed by atoms with Crippen LogP contribution in [0.3, 0.4) is 0 Å². The molecule has 112 valence electrons. The number of rotatable bonds is 3. The first-order valence-corrected chi connectivity index (χ1v) is 6.72. The molecule has 0 spiro atoms. The van der Waals surface area contributed by atoms with E-state index in [1.165, 1.54) is 23.5 Å². The van der Waals surface area contributed by atoms with Crippen LogP contribution in [0.15, 0.2) is 34.6 Å². The van der Waals surface area contributed by atoms with Crippen LogP contribution < -0.4 is 4.80 Å². The van der Waals surface area contributed by atoms with Gasteiger partial charge in [0.15, 0.2) is 4.80 Å². The maximum absolute atomic E-state index is 12.6. The van der Waals surface area contributed by atoms with Gasteiger partial charge in [0.05, 0.1) is 17.7 Å². The lowest BCUT2D eigenvalue weighted by Gasteiger charge is -2.06. The summed E-state index contributed by atoms with van der Waals surface area (Å²) in [5.41, 5.74) is -0.0592. The molecule has 8 heteroatoms. The highest BCUT2D eigenvalue weighted by atomic mass is 32.1. The molecule has 1 aromatic carbocycles. The Hall–Kier alpha value is -2.09. The van der Waals surface area contributed by atoms with E-state index in [0.29, 0.717) is 10.5 Å². The highest BCUT2D eigenvalue weighted by Crippen LogP contribution is 2.31. The summed E-state index contributed by atoms with van der Waals surface area (Å²) in [5.74, 6) is -0.978. The summed E-state index contributed by atoms with van der Waals surface area (Å²) in [6, 6.07) is 4.68. The molecule has 1 N–H and O–H groups in total. The number of carboxylic acid groups (broad SMARTS) is 1. The fourth-order valence-corrected chi connectivity index (χ4v) is 2.60. The zero-order valence-corrected chi connectivity index (χ0v) is 11.7. The summed E-state index contributed by atoms with van der Waals surface area (Å²) >= 11 is 1.18. The lowest BCUT2D eigenvalue weighted by molar-refractivity contribution is -0.138. The minimum Gasteiger partial charge on any atom is -0.481 e. The monoisotopic (exact) mass is 316 g/mol. The van der Waals surface area contributed by atoms with E-state index in [1.807, 2.05) is 0 Å². The number of thiazole rings is 1. The van der Waals surface area contributed by atoms with Crippen molar-refractivity contribution >= 4 is 23.0 Å². The van der Waals surface area contributed by atoms with Gasteiger partial charge in [-0.25, -0.2) is 4.99 Å². The predicted octanol–water partition coefficient (Wildman–Crippen LogP) is 2.96. The van der Waals surface area contributed by atoms with Crippen LogP contribution in [0.5, 0.6) is 0 Å². The number of nitrogens with zero attached hydrogens (tertiary/aromatic N) is 2. The normalized spacial score (nSPS) is 12.7. The van der Waals surface area contributed by atoms with Crippen molar-refractivity contribution < 1.29 is 23.1 Å². The highest BCUT2D eigenvalue weighted by molar-refractivity contribution is 7.07. The number of hydrogen-bond donors (Lipinski definition) is 1. The van der Waals surface area contributed by atoms with Gasteiger partial charge in [-0.15, -0.1) is 11.3 Å². The number of carbonyl (C=O) groups is 1. The van der Waals surface area contributed by atoms with E-state index < -0.39 is 17.7 Å². The molecule has 0 saturated heterocycles. The Balaban J connectivity index is 2.41. The lowest BCUT2D eigenvalue weighted by atomic mass is 10.2. The number of aromatic nitrogens is 1. The molecular formula is C13H11F3N2O2S. The van der Waals surface area contributed by atoms with Gasteiger partial charge in [0.1, 0.15) is 0 Å². The van der Waals surface area contributed by atoms with E-state index in [0.717, 1.165) is 12.1 Å². The van der Waals surface area contributed by atoms with Gasteiger partial charge < -0.3 is 9.67 Å². The Morgan fingerprint density at radius 1 is 1.43 bits per heavy atom. The summed E-state index contributed by atoms with van der Waals surface area (Å²) in [6.45, 7) is 0. The Bertz CT molecular complexity index is 732. The number of aliphatic carboxylic acids is 1. The van der Waals surface area contributed by atoms with Crippen LogP contribution in [0.1, 0.15) is 11.3 Å². The van der Waals surface area contributed by atoms with Crippen molar-refractivity contribution in [3.8, 4) is 0 Å². The van der Waals surface area contributed by atoms with Gasteiger partial charge in [0.2, 0.25) is 0 Å². The Labute approximate surface area is 121 Å². The number of carboxylic acids is 1. The molecule has 0 saturated carbocycles. The smallest absolute Gasteiger partial charge is 0.416 e. The molecule has 0 amide bonds. The van der Waals surface area contributed by atoms with Crippen LogP contribution in [0.4, 0.5) is 18.9 Å². The summed E-state index contributed by atoms with van der Waals surface area (Å²) in [6.07, 6.45) is -4.58. The number of alkyl halides is 3. The van der Waals surface area contributed by atoms with Gasteiger partial charge in [-0.3, -0.25) is 4.79 Å². The minimum absolute atomic E-state index is 0.162. The van der Waals surface area contributed by atoms with Crippen molar-refractivity contribution in [3.05, 3.63) is 45.7 Å². The van der Waals surface area contributed by atoms with Crippen LogP contribution in [-0.2, 0) is 24.4 Å². The average molecular weight is 316 g/mol. The second-order valence-corrected chi connectivity index (χ2v) is 5.14. The van der Waals surface area contributed by atoms with Gasteiger partial charge in [-0.1, -0.05) is 6.07 Å². The molecular weight excluding hydrogens is 305 g/mol. The Morgan fingerprint density at radius 2 is 2.14 bits per heavy atom. The lowest BCUT2D eigenvalue weighted by Crippen LogP contribution is -2.15. The van der Waals surface area contributed by atoms with Gasteiger partial charge in [-0.2, -0.15) is 13.2 Å². The van der Waals surface area contributed by atoms with Crippen LogP contribution >= 0.6 is 11.3 Å². The van der Waals surface area contributed by atoms with Gasteiger partial charge >= 0.3 is 12.1 Å². The summed E-state index contributed by atoms with van der Waals surface area (Å²) in [5, 5.41) is 10.4. The third-order valence-electron chi connectivity index (χ3n) is 2.75. The van der Waals surface area contributed by atoms with Crippen LogP contribution in [0, 0.1) is 0 Å². The molecule has 0 aliphatic heterocycles. The van der Waals surface area contributed by atoms with E-state index in [2.05, 4.69) is 4.99 Å². The third-order valence-corrected chi connectivity index (χ3v) is 3.71.